The van der Waals surface area contributed by atoms with Gasteiger partial charge in [-0.05, 0) is 35.7 Å². The molecule has 2 aromatic carbocycles. The molecule has 0 saturated heterocycles. The molecule has 2 amide bonds. The maximum atomic E-state index is 12.9. The summed E-state index contributed by atoms with van der Waals surface area (Å²) in [6.45, 7) is 0.654. The van der Waals surface area contributed by atoms with E-state index in [0.29, 0.717) is 18.6 Å². The molecule has 3 rings (SSSR count). The lowest BCUT2D eigenvalue weighted by atomic mass is 10.0. The van der Waals surface area contributed by atoms with Crippen LogP contribution in [0.4, 0.5) is 0 Å². The molecule has 2 aromatic rings. The quantitative estimate of drug-likeness (QED) is 0.877. The van der Waals surface area contributed by atoms with E-state index >= 15 is 0 Å². The second kappa shape index (κ2) is 7.38. The van der Waals surface area contributed by atoms with E-state index in [4.69, 9.17) is 10.5 Å². The number of rotatable bonds is 6. The van der Waals surface area contributed by atoms with Gasteiger partial charge in [0.1, 0.15) is 5.75 Å². The van der Waals surface area contributed by atoms with Crippen molar-refractivity contribution < 1.29 is 14.3 Å². The molecule has 0 aliphatic carbocycles. The molecule has 0 radical (unpaired) electrons. The zero-order chi connectivity index (χ0) is 17.8. The molecule has 25 heavy (non-hydrogen) atoms. The Hall–Kier alpha value is -2.82. The van der Waals surface area contributed by atoms with E-state index in [1.54, 1.807) is 18.0 Å². The molecule has 1 aliphatic rings. The van der Waals surface area contributed by atoms with Gasteiger partial charge in [0.05, 0.1) is 6.61 Å². The molecular weight excluding hydrogens is 316 g/mol. The van der Waals surface area contributed by atoms with Crippen LogP contribution < -0.4 is 10.5 Å². The second-order valence-corrected chi connectivity index (χ2v) is 6.35. The van der Waals surface area contributed by atoms with Crippen molar-refractivity contribution >= 4 is 11.8 Å². The third-order valence-electron chi connectivity index (χ3n) is 4.56. The SMILES string of the molecule is CN(C(=O)c1ccc2c(c1)CCO2)C(CC(N)=O)Cc1ccccc1. The predicted octanol–water partition coefficient (Wildman–Crippen LogP) is 2.18. The Morgan fingerprint density at radius 2 is 1.96 bits per heavy atom. The zero-order valence-electron chi connectivity index (χ0n) is 14.3. The summed E-state index contributed by atoms with van der Waals surface area (Å²) in [5.41, 5.74) is 8.13. The molecule has 0 fully saturated rings. The first-order valence-electron chi connectivity index (χ1n) is 8.39. The van der Waals surface area contributed by atoms with Gasteiger partial charge in [0.2, 0.25) is 5.91 Å². The van der Waals surface area contributed by atoms with Gasteiger partial charge in [0.25, 0.3) is 5.91 Å². The van der Waals surface area contributed by atoms with E-state index < -0.39 is 5.91 Å². The Balaban J connectivity index is 1.79. The molecule has 5 nitrogen and oxygen atoms in total. The topological polar surface area (TPSA) is 72.6 Å². The number of carbonyl (C=O) groups excluding carboxylic acids is 2. The molecule has 1 heterocycles. The fourth-order valence-electron chi connectivity index (χ4n) is 3.15. The number of benzene rings is 2. The first-order chi connectivity index (χ1) is 12.0. The van der Waals surface area contributed by atoms with Crippen molar-refractivity contribution in [3.05, 3.63) is 65.2 Å². The maximum Gasteiger partial charge on any atom is 0.253 e. The normalized spacial score (nSPS) is 13.6. The van der Waals surface area contributed by atoms with Gasteiger partial charge in [-0.1, -0.05) is 30.3 Å². The van der Waals surface area contributed by atoms with Crippen LogP contribution in [0.3, 0.4) is 0 Å². The monoisotopic (exact) mass is 338 g/mol. The highest BCUT2D eigenvalue weighted by atomic mass is 16.5. The largest absolute Gasteiger partial charge is 0.493 e. The first kappa shape index (κ1) is 17.0. The lowest BCUT2D eigenvalue weighted by molar-refractivity contribution is -0.118. The van der Waals surface area contributed by atoms with Crippen LogP contribution in [0.5, 0.6) is 5.75 Å². The van der Waals surface area contributed by atoms with Gasteiger partial charge in [-0.25, -0.2) is 0 Å². The van der Waals surface area contributed by atoms with Crippen LogP contribution in [0.1, 0.15) is 27.9 Å². The van der Waals surface area contributed by atoms with Crippen LogP contribution in [0.25, 0.3) is 0 Å². The van der Waals surface area contributed by atoms with Crippen molar-refractivity contribution in [1.29, 1.82) is 0 Å². The average molecular weight is 338 g/mol. The van der Waals surface area contributed by atoms with Crippen molar-refractivity contribution in [2.75, 3.05) is 13.7 Å². The zero-order valence-corrected chi connectivity index (χ0v) is 14.3. The fraction of sp³-hybridized carbons (Fsp3) is 0.300. The van der Waals surface area contributed by atoms with E-state index in [0.717, 1.165) is 23.3 Å². The summed E-state index contributed by atoms with van der Waals surface area (Å²) in [7, 11) is 1.72. The number of likely N-dealkylation sites (N-methyl/N-ethyl adjacent to an activating group) is 1. The van der Waals surface area contributed by atoms with Crippen LogP contribution in [0.2, 0.25) is 0 Å². The molecule has 0 saturated carbocycles. The fourth-order valence-corrected chi connectivity index (χ4v) is 3.15. The Morgan fingerprint density at radius 1 is 1.20 bits per heavy atom. The van der Waals surface area contributed by atoms with E-state index in [2.05, 4.69) is 0 Å². The van der Waals surface area contributed by atoms with Gasteiger partial charge in [-0.3, -0.25) is 9.59 Å². The lowest BCUT2D eigenvalue weighted by Crippen LogP contribution is -2.41. The van der Waals surface area contributed by atoms with Gasteiger partial charge in [-0.15, -0.1) is 0 Å². The number of nitrogens with zero attached hydrogens (tertiary/aromatic N) is 1. The summed E-state index contributed by atoms with van der Waals surface area (Å²) in [6.07, 6.45) is 1.53. The number of hydrogen-bond donors (Lipinski definition) is 1. The summed E-state index contributed by atoms with van der Waals surface area (Å²) in [5.74, 6) is 0.317. The van der Waals surface area contributed by atoms with Gasteiger partial charge in [0.15, 0.2) is 0 Å². The van der Waals surface area contributed by atoms with E-state index in [1.807, 2.05) is 42.5 Å². The van der Waals surface area contributed by atoms with Crippen LogP contribution >= 0.6 is 0 Å². The van der Waals surface area contributed by atoms with E-state index in [1.165, 1.54) is 0 Å². The summed E-state index contributed by atoms with van der Waals surface area (Å²) in [5, 5.41) is 0. The summed E-state index contributed by atoms with van der Waals surface area (Å²) in [4.78, 5) is 26.0. The third-order valence-corrected chi connectivity index (χ3v) is 4.56. The minimum atomic E-state index is -0.414. The Labute approximate surface area is 147 Å². The van der Waals surface area contributed by atoms with Crippen molar-refractivity contribution in [3.8, 4) is 5.75 Å². The maximum absolute atomic E-state index is 12.9. The number of fused-ring (bicyclic) bond motifs is 1. The van der Waals surface area contributed by atoms with Gasteiger partial charge >= 0.3 is 0 Å². The predicted molar refractivity (Wildman–Crippen MR) is 95.5 cm³/mol. The number of nitrogens with two attached hydrogens (primary N) is 1. The highest BCUT2D eigenvalue weighted by molar-refractivity contribution is 5.95. The van der Waals surface area contributed by atoms with E-state index in [9.17, 15) is 9.59 Å². The van der Waals surface area contributed by atoms with Crippen LogP contribution in [0, 0.1) is 0 Å². The molecule has 1 atom stereocenters. The van der Waals surface area contributed by atoms with Crippen LogP contribution in [0.15, 0.2) is 48.5 Å². The highest BCUT2D eigenvalue weighted by Gasteiger charge is 2.24. The molecule has 5 heteroatoms. The van der Waals surface area contributed by atoms with Crippen molar-refractivity contribution in [1.82, 2.24) is 4.90 Å². The summed E-state index contributed by atoms with van der Waals surface area (Å²) < 4.78 is 5.49. The van der Waals surface area contributed by atoms with Crippen LogP contribution in [-0.2, 0) is 17.6 Å². The van der Waals surface area contributed by atoms with Crippen molar-refractivity contribution in [2.45, 2.75) is 25.3 Å². The van der Waals surface area contributed by atoms with Gasteiger partial charge < -0.3 is 15.4 Å². The molecule has 0 spiro atoms. The number of primary amides is 1. The third kappa shape index (κ3) is 3.99. The highest BCUT2D eigenvalue weighted by Crippen LogP contribution is 2.26. The number of carbonyl (C=O) groups is 2. The smallest absolute Gasteiger partial charge is 0.253 e. The average Bonchev–Trinajstić information content (AvgIpc) is 3.08. The number of ether oxygens (including phenoxy) is 1. The van der Waals surface area contributed by atoms with E-state index in [-0.39, 0.29) is 18.4 Å². The van der Waals surface area contributed by atoms with Gasteiger partial charge in [-0.2, -0.15) is 0 Å². The molecule has 0 aromatic heterocycles. The molecule has 1 aliphatic heterocycles. The number of amides is 2. The second-order valence-electron chi connectivity index (χ2n) is 6.35. The Morgan fingerprint density at radius 3 is 2.68 bits per heavy atom. The lowest BCUT2D eigenvalue weighted by Gasteiger charge is -2.28. The molecule has 0 bridgehead atoms. The van der Waals surface area contributed by atoms with Gasteiger partial charge in [0, 0.05) is 31.5 Å². The van der Waals surface area contributed by atoms with Crippen molar-refractivity contribution in [2.24, 2.45) is 5.73 Å². The molecule has 1 unspecified atom stereocenters. The molecular formula is C20H22N2O3. The summed E-state index contributed by atoms with van der Waals surface area (Å²) in [6, 6.07) is 15.0. The Kier molecular flexibility index (Phi) is 5.03. The minimum Gasteiger partial charge on any atom is -0.493 e. The number of hydrogen-bond acceptors (Lipinski definition) is 3. The van der Waals surface area contributed by atoms with Crippen molar-refractivity contribution in [3.63, 3.8) is 0 Å². The van der Waals surface area contributed by atoms with Crippen LogP contribution in [-0.4, -0.2) is 36.4 Å². The molecule has 2 N–H and O–H groups in total. The molecule has 130 valence electrons. The minimum absolute atomic E-state index is 0.114. The Bertz CT molecular complexity index is 774. The summed E-state index contributed by atoms with van der Waals surface area (Å²) >= 11 is 0. The standard InChI is InChI=1S/C20H22N2O3/c1-22(17(13-19(21)23)11-14-5-3-2-4-6-14)20(24)16-7-8-18-15(12-16)9-10-25-18/h2-8,12,17H,9-11,13H2,1H3,(H2,21,23). The first-order valence-corrected chi connectivity index (χ1v) is 8.39.